The molecule has 0 saturated heterocycles. The Labute approximate surface area is 109 Å². The van der Waals surface area contributed by atoms with E-state index in [1.165, 1.54) is 25.7 Å². The molecule has 0 aromatic carbocycles. The highest BCUT2D eigenvalue weighted by Crippen LogP contribution is 2.39. The number of carbonyl (C=O) groups excluding carboxylic acids is 1. The molecule has 1 rings (SSSR count). The Kier molecular flexibility index (Phi) is 6.34. The van der Waals surface area contributed by atoms with Gasteiger partial charge in [0.05, 0.1) is 0 Å². The summed E-state index contributed by atoms with van der Waals surface area (Å²) in [5.74, 6) is 0.289. The molecule has 17 heavy (non-hydrogen) atoms. The fraction of sp³-hybridized carbons (Fsp3) is 0.923. The fourth-order valence-corrected chi connectivity index (χ4v) is 3.36. The van der Waals surface area contributed by atoms with Crippen molar-refractivity contribution >= 4 is 17.7 Å². The lowest BCUT2D eigenvalue weighted by atomic mass is 10.0. The van der Waals surface area contributed by atoms with Crippen LogP contribution in [0, 0.1) is 5.92 Å². The Morgan fingerprint density at radius 3 is 2.65 bits per heavy atom. The zero-order valence-electron chi connectivity index (χ0n) is 11.1. The molecule has 3 nitrogen and oxygen atoms in total. The third-order valence-corrected chi connectivity index (χ3v) is 5.24. The van der Waals surface area contributed by atoms with E-state index in [1.54, 1.807) is 0 Å². The molecule has 1 aliphatic rings. The number of nitrogens with one attached hydrogen (secondary N) is 1. The Morgan fingerprint density at radius 1 is 1.47 bits per heavy atom. The summed E-state index contributed by atoms with van der Waals surface area (Å²) in [5, 5.41) is 3.12. The van der Waals surface area contributed by atoms with Crippen molar-refractivity contribution in [2.24, 2.45) is 11.7 Å². The number of carbonyl (C=O) groups is 1. The first-order valence-electron chi connectivity index (χ1n) is 6.66. The van der Waals surface area contributed by atoms with Gasteiger partial charge in [0, 0.05) is 17.2 Å². The molecule has 0 aliphatic heterocycles. The van der Waals surface area contributed by atoms with Crippen LogP contribution in [0.4, 0.5) is 0 Å². The zero-order chi connectivity index (χ0) is 12.7. The number of hydrogen-bond donors (Lipinski definition) is 2. The van der Waals surface area contributed by atoms with Gasteiger partial charge < -0.3 is 11.1 Å². The quantitative estimate of drug-likeness (QED) is 0.736. The van der Waals surface area contributed by atoms with Gasteiger partial charge in [0.1, 0.15) is 0 Å². The maximum atomic E-state index is 11.9. The summed E-state index contributed by atoms with van der Waals surface area (Å²) >= 11 is 1.92. The van der Waals surface area contributed by atoms with Crippen LogP contribution in [0.2, 0.25) is 0 Å². The van der Waals surface area contributed by atoms with Crippen LogP contribution in [-0.4, -0.2) is 30.0 Å². The minimum absolute atomic E-state index is 0.0962. The third-order valence-electron chi connectivity index (χ3n) is 3.82. The molecule has 0 heterocycles. The molecular weight excluding hydrogens is 232 g/mol. The van der Waals surface area contributed by atoms with E-state index in [0.29, 0.717) is 11.3 Å². The predicted molar refractivity (Wildman–Crippen MR) is 75.2 cm³/mol. The molecular formula is C13H26N2OS. The average Bonchev–Trinajstić information content (AvgIpc) is 2.82. The minimum atomic E-state index is 0.0962. The van der Waals surface area contributed by atoms with Crippen molar-refractivity contribution in [1.29, 1.82) is 0 Å². The number of hydrogen-bond acceptors (Lipinski definition) is 3. The van der Waals surface area contributed by atoms with Crippen LogP contribution in [0.15, 0.2) is 0 Å². The monoisotopic (exact) mass is 258 g/mol. The van der Waals surface area contributed by atoms with Crippen molar-refractivity contribution in [3.63, 3.8) is 0 Å². The largest absolute Gasteiger partial charge is 0.354 e. The van der Waals surface area contributed by atoms with Gasteiger partial charge in [-0.2, -0.15) is 11.8 Å². The van der Waals surface area contributed by atoms with Gasteiger partial charge in [-0.15, -0.1) is 0 Å². The normalized spacial score (nSPS) is 20.2. The van der Waals surface area contributed by atoms with E-state index in [4.69, 9.17) is 5.73 Å². The minimum Gasteiger partial charge on any atom is -0.354 e. The van der Waals surface area contributed by atoms with Gasteiger partial charge >= 0.3 is 0 Å². The van der Waals surface area contributed by atoms with E-state index < -0.39 is 0 Å². The van der Waals surface area contributed by atoms with Crippen LogP contribution in [0.25, 0.3) is 0 Å². The molecule has 1 saturated carbocycles. The van der Waals surface area contributed by atoms with Gasteiger partial charge in [-0.05, 0) is 38.5 Å². The number of nitrogens with two attached hydrogens (primary N) is 1. The molecule has 0 aromatic heterocycles. The van der Waals surface area contributed by atoms with Crippen LogP contribution < -0.4 is 11.1 Å². The zero-order valence-corrected chi connectivity index (χ0v) is 11.9. The van der Waals surface area contributed by atoms with E-state index in [1.807, 2.05) is 18.7 Å². The Balaban J connectivity index is 2.31. The molecule has 1 fully saturated rings. The SMILES string of the molecule is CSC1(CNC(=O)C(C)CCCN)CCCC1. The van der Waals surface area contributed by atoms with E-state index >= 15 is 0 Å². The van der Waals surface area contributed by atoms with Gasteiger partial charge in [-0.1, -0.05) is 19.8 Å². The molecule has 0 radical (unpaired) electrons. The molecule has 1 atom stereocenters. The van der Waals surface area contributed by atoms with Crippen LogP contribution >= 0.6 is 11.8 Å². The van der Waals surface area contributed by atoms with Crippen molar-refractivity contribution < 1.29 is 4.79 Å². The van der Waals surface area contributed by atoms with E-state index in [2.05, 4.69) is 11.6 Å². The summed E-state index contributed by atoms with van der Waals surface area (Å²) in [6, 6.07) is 0. The topological polar surface area (TPSA) is 55.1 Å². The van der Waals surface area contributed by atoms with Crippen molar-refractivity contribution in [1.82, 2.24) is 5.32 Å². The Bertz CT molecular complexity index is 240. The number of rotatable bonds is 7. The highest BCUT2D eigenvalue weighted by molar-refractivity contribution is 8.00. The number of amides is 1. The van der Waals surface area contributed by atoms with E-state index in [-0.39, 0.29) is 11.8 Å². The molecule has 0 bridgehead atoms. The van der Waals surface area contributed by atoms with Crippen LogP contribution in [0.1, 0.15) is 45.4 Å². The van der Waals surface area contributed by atoms with Gasteiger partial charge in [-0.25, -0.2) is 0 Å². The molecule has 1 amide bonds. The first-order chi connectivity index (χ1) is 8.13. The molecule has 0 aromatic rings. The van der Waals surface area contributed by atoms with Crippen LogP contribution in [0.5, 0.6) is 0 Å². The predicted octanol–water partition coefficient (Wildman–Crippen LogP) is 2.15. The van der Waals surface area contributed by atoms with Crippen molar-refractivity contribution in [2.75, 3.05) is 19.3 Å². The lowest BCUT2D eigenvalue weighted by Crippen LogP contribution is -2.40. The van der Waals surface area contributed by atoms with Crippen LogP contribution in [-0.2, 0) is 4.79 Å². The van der Waals surface area contributed by atoms with Gasteiger partial charge in [0.2, 0.25) is 5.91 Å². The highest BCUT2D eigenvalue weighted by atomic mass is 32.2. The van der Waals surface area contributed by atoms with E-state index in [9.17, 15) is 4.79 Å². The number of thioether (sulfide) groups is 1. The Morgan fingerprint density at radius 2 is 2.12 bits per heavy atom. The van der Waals surface area contributed by atoms with Gasteiger partial charge in [-0.3, -0.25) is 4.79 Å². The molecule has 4 heteroatoms. The first-order valence-corrected chi connectivity index (χ1v) is 7.89. The third kappa shape index (κ3) is 4.51. The second-order valence-corrected chi connectivity index (χ2v) is 6.42. The molecule has 1 aliphatic carbocycles. The summed E-state index contributed by atoms with van der Waals surface area (Å²) in [5.41, 5.74) is 5.46. The summed E-state index contributed by atoms with van der Waals surface area (Å²) < 4.78 is 0.309. The highest BCUT2D eigenvalue weighted by Gasteiger charge is 2.33. The molecule has 1 unspecified atom stereocenters. The summed E-state index contributed by atoms with van der Waals surface area (Å²) in [6.07, 6.45) is 9.09. The molecule has 100 valence electrons. The molecule has 0 spiro atoms. The second kappa shape index (κ2) is 7.27. The smallest absolute Gasteiger partial charge is 0.222 e. The lowest BCUT2D eigenvalue weighted by Gasteiger charge is -2.27. The van der Waals surface area contributed by atoms with Gasteiger partial charge in [0.25, 0.3) is 0 Å². The Hall–Kier alpha value is -0.220. The van der Waals surface area contributed by atoms with Crippen LogP contribution in [0.3, 0.4) is 0 Å². The summed E-state index contributed by atoms with van der Waals surface area (Å²) in [7, 11) is 0. The van der Waals surface area contributed by atoms with Crippen molar-refractivity contribution in [2.45, 2.75) is 50.2 Å². The molecule has 3 N–H and O–H groups in total. The summed E-state index contributed by atoms with van der Waals surface area (Å²) in [6.45, 7) is 3.50. The summed E-state index contributed by atoms with van der Waals surface area (Å²) in [4.78, 5) is 11.9. The lowest BCUT2D eigenvalue weighted by molar-refractivity contribution is -0.124. The standard InChI is InChI=1S/C13H26N2OS/c1-11(6-5-9-14)12(16)15-10-13(17-2)7-3-4-8-13/h11H,3-10,14H2,1-2H3,(H,15,16). The van der Waals surface area contributed by atoms with Crippen molar-refractivity contribution in [3.8, 4) is 0 Å². The van der Waals surface area contributed by atoms with E-state index in [0.717, 1.165) is 19.4 Å². The van der Waals surface area contributed by atoms with Gasteiger partial charge in [0.15, 0.2) is 0 Å². The van der Waals surface area contributed by atoms with Crippen molar-refractivity contribution in [3.05, 3.63) is 0 Å². The fourth-order valence-electron chi connectivity index (χ4n) is 2.45. The first kappa shape index (κ1) is 14.8. The average molecular weight is 258 g/mol. The maximum absolute atomic E-state index is 11.9. The maximum Gasteiger partial charge on any atom is 0.222 e. The second-order valence-electron chi connectivity index (χ2n) is 5.14.